The van der Waals surface area contributed by atoms with Gasteiger partial charge in [-0.05, 0) is 47.0 Å². The smallest absolute Gasteiger partial charge is 0.417 e. The first-order chi connectivity index (χ1) is 14.4. The van der Waals surface area contributed by atoms with Gasteiger partial charge in [0.15, 0.2) is 0 Å². The van der Waals surface area contributed by atoms with Crippen molar-refractivity contribution in [3.8, 4) is 5.88 Å². The summed E-state index contributed by atoms with van der Waals surface area (Å²) in [7, 11) is 0. The van der Waals surface area contributed by atoms with Gasteiger partial charge in [-0.25, -0.2) is 18.7 Å². The van der Waals surface area contributed by atoms with E-state index in [4.69, 9.17) is 4.74 Å². The molecule has 11 heteroatoms. The zero-order valence-electron chi connectivity index (χ0n) is 16.6. The molecule has 168 valence electrons. The van der Waals surface area contributed by atoms with Crippen LogP contribution in [0, 0.1) is 12.8 Å². The van der Waals surface area contributed by atoms with Crippen molar-refractivity contribution in [2.75, 3.05) is 13.2 Å². The Bertz CT molecular complexity index is 953. The lowest BCUT2D eigenvalue weighted by Crippen LogP contribution is -2.57. The lowest BCUT2D eigenvalue weighted by molar-refractivity contribution is -0.137. The van der Waals surface area contributed by atoms with Crippen molar-refractivity contribution in [1.82, 2.24) is 14.9 Å². The number of nitrogens with zero attached hydrogens (tertiary/aromatic N) is 3. The van der Waals surface area contributed by atoms with Crippen LogP contribution in [-0.4, -0.2) is 45.9 Å². The topological polar surface area (TPSA) is 55.3 Å². The van der Waals surface area contributed by atoms with Crippen LogP contribution in [-0.2, 0) is 6.18 Å². The van der Waals surface area contributed by atoms with Gasteiger partial charge in [-0.2, -0.15) is 13.2 Å². The number of rotatable bonds is 4. The Morgan fingerprint density at radius 1 is 1.29 bits per heavy atom. The van der Waals surface area contributed by atoms with E-state index >= 15 is 0 Å². The van der Waals surface area contributed by atoms with Crippen molar-refractivity contribution < 1.29 is 31.5 Å². The number of aromatic nitrogens is 2. The highest BCUT2D eigenvalue weighted by atomic mass is 79.9. The van der Waals surface area contributed by atoms with Crippen molar-refractivity contribution >= 4 is 21.8 Å². The van der Waals surface area contributed by atoms with E-state index in [1.54, 1.807) is 26.0 Å². The average Bonchev–Trinajstić information content (AvgIpc) is 2.67. The van der Waals surface area contributed by atoms with Crippen LogP contribution in [0.15, 0.2) is 34.9 Å². The van der Waals surface area contributed by atoms with E-state index in [1.807, 2.05) is 0 Å². The quantitative estimate of drug-likeness (QED) is 0.538. The second kappa shape index (κ2) is 8.68. The minimum atomic E-state index is -4.54. The molecular formula is C20H19BrF5N3O2. The van der Waals surface area contributed by atoms with E-state index in [-0.39, 0.29) is 18.2 Å². The Morgan fingerprint density at radius 2 is 2.00 bits per heavy atom. The number of alkyl halides is 5. The second-order valence-corrected chi connectivity index (χ2v) is 8.37. The van der Waals surface area contributed by atoms with E-state index in [0.717, 1.165) is 17.0 Å². The van der Waals surface area contributed by atoms with E-state index in [1.165, 1.54) is 0 Å². The lowest BCUT2D eigenvalue weighted by atomic mass is 9.88. The van der Waals surface area contributed by atoms with Crippen LogP contribution in [0.25, 0.3) is 0 Å². The molecule has 1 aliphatic heterocycles. The van der Waals surface area contributed by atoms with Gasteiger partial charge < -0.3 is 9.64 Å². The zero-order chi connectivity index (χ0) is 23.0. The molecule has 3 heterocycles. The largest absolute Gasteiger partial charge is 0.475 e. The standard InChI is InChI=1S/C20H19BrF5N3O2/c1-11-7-19(22,23)10-29(18(30)17-14(21)5-3-12(2)28-17)15(11)9-31-16-6-4-13(8-27-16)20(24,25)26/h3-6,8,11,15H,7,9-10H2,1-2H3/t11-,15?/m1/s1. The van der Waals surface area contributed by atoms with Crippen molar-refractivity contribution in [3.05, 3.63) is 51.9 Å². The van der Waals surface area contributed by atoms with Crippen molar-refractivity contribution in [2.45, 2.75) is 38.4 Å². The lowest BCUT2D eigenvalue weighted by Gasteiger charge is -2.43. The van der Waals surface area contributed by atoms with Gasteiger partial charge in [0.25, 0.3) is 11.8 Å². The molecule has 0 radical (unpaired) electrons. The number of hydrogen-bond donors (Lipinski definition) is 0. The summed E-state index contributed by atoms with van der Waals surface area (Å²) in [4.78, 5) is 21.9. The van der Waals surface area contributed by atoms with E-state index < -0.39 is 48.5 Å². The van der Waals surface area contributed by atoms with Crippen LogP contribution in [0.2, 0.25) is 0 Å². The van der Waals surface area contributed by atoms with Gasteiger partial charge in [0.05, 0.1) is 18.2 Å². The first kappa shape index (κ1) is 23.4. The summed E-state index contributed by atoms with van der Waals surface area (Å²) in [6.45, 7) is 2.23. The molecule has 0 saturated carbocycles. The predicted octanol–water partition coefficient (Wildman–Crippen LogP) is 5.13. The van der Waals surface area contributed by atoms with Crippen LogP contribution in [0.3, 0.4) is 0 Å². The van der Waals surface area contributed by atoms with Crippen LogP contribution in [0.4, 0.5) is 22.0 Å². The maximum atomic E-state index is 14.3. The third-order valence-corrected chi connectivity index (χ3v) is 5.63. The van der Waals surface area contributed by atoms with Gasteiger partial charge in [-0.1, -0.05) is 6.92 Å². The van der Waals surface area contributed by atoms with Gasteiger partial charge in [0.2, 0.25) is 5.88 Å². The first-order valence-corrected chi connectivity index (χ1v) is 10.1. The number of piperidine rings is 1. The number of pyridine rings is 2. The van der Waals surface area contributed by atoms with Crippen molar-refractivity contribution in [3.63, 3.8) is 0 Å². The normalized spacial score (nSPS) is 21.1. The Kier molecular flexibility index (Phi) is 6.54. The van der Waals surface area contributed by atoms with E-state index in [9.17, 15) is 26.7 Å². The predicted molar refractivity (Wildman–Crippen MR) is 105 cm³/mol. The van der Waals surface area contributed by atoms with Crippen LogP contribution >= 0.6 is 15.9 Å². The molecule has 1 fully saturated rings. The van der Waals surface area contributed by atoms with Crippen LogP contribution in [0.5, 0.6) is 5.88 Å². The summed E-state index contributed by atoms with van der Waals surface area (Å²) in [5.41, 5.74) is -0.384. The Hall–Kier alpha value is -2.30. The number of ether oxygens (including phenoxy) is 1. The maximum absolute atomic E-state index is 14.3. The second-order valence-electron chi connectivity index (χ2n) is 7.51. The number of hydrogen-bond acceptors (Lipinski definition) is 4. The summed E-state index contributed by atoms with van der Waals surface area (Å²) < 4.78 is 72.4. The molecule has 5 nitrogen and oxygen atoms in total. The number of carbonyl (C=O) groups excluding carboxylic acids is 1. The fraction of sp³-hybridized carbons (Fsp3) is 0.450. The molecule has 0 bridgehead atoms. The molecule has 2 aromatic heterocycles. The van der Waals surface area contributed by atoms with Gasteiger partial charge in [0.1, 0.15) is 12.3 Å². The highest BCUT2D eigenvalue weighted by Gasteiger charge is 2.47. The zero-order valence-corrected chi connectivity index (χ0v) is 18.2. The van der Waals surface area contributed by atoms with Crippen molar-refractivity contribution in [1.29, 1.82) is 0 Å². The molecule has 0 aliphatic carbocycles. The Balaban J connectivity index is 1.82. The summed E-state index contributed by atoms with van der Waals surface area (Å²) in [6.07, 6.45) is -4.36. The first-order valence-electron chi connectivity index (χ1n) is 9.35. The highest BCUT2D eigenvalue weighted by molar-refractivity contribution is 9.10. The molecule has 31 heavy (non-hydrogen) atoms. The Labute approximate surface area is 183 Å². The summed E-state index contributed by atoms with van der Waals surface area (Å²) in [6, 6.07) is 4.40. The minimum absolute atomic E-state index is 0.00237. The van der Waals surface area contributed by atoms with Gasteiger partial charge in [0, 0.05) is 28.9 Å². The Morgan fingerprint density at radius 3 is 2.61 bits per heavy atom. The van der Waals surface area contributed by atoms with E-state index in [0.29, 0.717) is 16.4 Å². The molecule has 2 aromatic rings. The molecule has 1 aliphatic rings. The maximum Gasteiger partial charge on any atom is 0.417 e. The molecule has 0 aromatic carbocycles. The molecule has 2 atom stereocenters. The number of halogens is 6. The number of amides is 1. The monoisotopic (exact) mass is 507 g/mol. The fourth-order valence-electron chi connectivity index (χ4n) is 3.45. The van der Waals surface area contributed by atoms with Crippen LogP contribution < -0.4 is 4.74 Å². The average molecular weight is 508 g/mol. The molecule has 3 rings (SSSR count). The van der Waals surface area contributed by atoms with E-state index in [2.05, 4.69) is 25.9 Å². The SMILES string of the molecule is Cc1ccc(Br)c(C(=O)N2CC(F)(F)C[C@@H](C)C2COc2ccc(C(F)(F)F)cn2)n1. The molecule has 1 saturated heterocycles. The summed E-state index contributed by atoms with van der Waals surface area (Å²) in [5.74, 6) is -4.50. The summed E-state index contributed by atoms with van der Waals surface area (Å²) in [5, 5.41) is 0. The van der Waals surface area contributed by atoms with Gasteiger partial charge >= 0.3 is 6.18 Å². The molecule has 0 N–H and O–H groups in total. The third kappa shape index (κ3) is 5.50. The minimum Gasteiger partial charge on any atom is -0.475 e. The number of carbonyl (C=O) groups is 1. The third-order valence-electron chi connectivity index (χ3n) is 4.99. The van der Waals surface area contributed by atoms with Gasteiger partial charge in [-0.15, -0.1) is 0 Å². The number of aryl methyl sites for hydroxylation is 1. The molecular weight excluding hydrogens is 489 g/mol. The number of likely N-dealkylation sites (tertiary alicyclic amines) is 1. The fourth-order valence-corrected chi connectivity index (χ4v) is 3.84. The molecule has 1 amide bonds. The highest BCUT2D eigenvalue weighted by Crippen LogP contribution is 2.36. The van der Waals surface area contributed by atoms with Crippen LogP contribution in [0.1, 0.15) is 35.1 Å². The van der Waals surface area contributed by atoms with Crippen molar-refractivity contribution in [2.24, 2.45) is 5.92 Å². The molecule has 0 spiro atoms. The summed E-state index contributed by atoms with van der Waals surface area (Å²) >= 11 is 3.23. The molecule has 1 unspecified atom stereocenters. The van der Waals surface area contributed by atoms with Gasteiger partial charge in [-0.3, -0.25) is 4.79 Å².